The number of esters is 2. The summed E-state index contributed by atoms with van der Waals surface area (Å²) in [5.41, 5.74) is 8.16. The number of fused-ring (bicyclic) bond motifs is 7. The molecule has 78 heavy (non-hydrogen) atoms. The van der Waals surface area contributed by atoms with E-state index in [1.807, 2.05) is 94.1 Å². The average Bonchev–Trinajstić information content (AvgIpc) is 4.35. The quantitative estimate of drug-likeness (QED) is 0.115. The summed E-state index contributed by atoms with van der Waals surface area (Å²) in [5.74, 6) is -0.605. The number of carbonyl (C=O) groups is 2. The fraction of sp³-hybridized carbons (Fsp3) is 0.500. The predicted octanol–water partition coefficient (Wildman–Crippen LogP) is 20.9. The fourth-order valence-electron chi connectivity index (χ4n) is 12.5. The number of hydroxylamine groups is 2. The Morgan fingerprint density at radius 2 is 0.744 bits per heavy atom. The van der Waals surface area contributed by atoms with Gasteiger partial charge in [-0.15, -0.1) is 151 Å². The van der Waals surface area contributed by atoms with Crippen LogP contribution in [0, 0.1) is 0 Å². The van der Waals surface area contributed by atoms with Crippen LogP contribution < -0.4 is 0 Å². The van der Waals surface area contributed by atoms with Gasteiger partial charge in [-0.1, -0.05) is 30.3 Å². The van der Waals surface area contributed by atoms with E-state index in [2.05, 4.69) is 147 Å². The van der Waals surface area contributed by atoms with Gasteiger partial charge in [0.15, 0.2) is 0 Å². The fourth-order valence-corrected chi connectivity index (χ4v) is 30.5. The predicted molar refractivity (Wildman–Crippen MR) is 343 cm³/mol. The Morgan fingerprint density at radius 1 is 0.436 bits per heavy atom. The lowest BCUT2D eigenvalue weighted by atomic mass is 9.72. The van der Waals surface area contributed by atoms with Crippen LogP contribution in [-0.4, -0.2) is 66.8 Å². The SMILES string of the molecule is COC(=O)c1c2c(c(C(c3c4c(c(C(=O)OC)c5c3SC(C)(C)S5)SC(C)(C)S4)c3c4c(c(-c5ccc6ccc(C7CC(C)(C)N([O])C(C)(C)C7)cc6c5)c5c3SC(C)(C)S5)SC(C)(C)S4)c3c1SC(C)(C)S3)SC(C)(C)S2. The van der Waals surface area contributed by atoms with Crippen LogP contribution in [-0.2, 0) is 14.7 Å². The maximum atomic E-state index is 14.5. The van der Waals surface area contributed by atoms with Gasteiger partial charge in [-0.2, -0.15) is 0 Å². The average molecular weight is 1270 g/mol. The molecule has 5 aromatic rings. The molecule has 0 aromatic heterocycles. The van der Waals surface area contributed by atoms with Crippen molar-refractivity contribution in [2.75, 3.05) is 14.2 Å². The van der Waals surface area contributed by atoms with Crippen molar-refractivity contribution in [1.82, 2.24) is 5.06 Å². The van der Waals surface area contributed by atoms with Gasteiger partial charge in [0.25, 0.3) is 0 Å². The number of hydrogen-bond acceptors (Lipinski definition) is 17. The lowest BCUT2D eigenvalue weighted by Crippen LogP contribution is -2.57. The van der Waals surface area contributed by atoms with Crippen molar-refractivity contribution in [1.29, 1.82) is 0 Å². The highest BCUT2D eigenvalue weighted by molar-refractivity contribution is 8.23. The third-order valence-corrected chi connectivity index (χ3v) is 32.2. The van der Waals surface area contributed by atoms with E-state index >= 15 is 0 Å². The van der Waals surface area contributed by atoms with Crippen molar-refractivity contribution in [3.05, 3.63) is 69.8 Å². The van der Waals surface area contributed by atoms with Gasteiger partial charge < -0.3 is 9.47 Å². The summed E-state index contributed by atoms with van der Waals surface area (Å²) >= 11 is 22.8. The largest absolute Gasteiger partial charge is 0.465 e. The van der Waals surface area contributed by atoms with E-state index in [0.29, 0.717) is 11.1 Å². The third-order valence-electron chi connectivity index (χ3n) is 15.1. The first kappa shape index (κ1) is 57.8. The van der Waals surface area contributed by atoms with E-state index in [9.17, 15) is 14.8 Å². The molecule has 7 heterocycles. The lowest BCUT2D eigenvalue weighted by Gasteiger charge is -2.50. The third kappa shape index (κ3) is 9.71. The molecule has 0 bridgehead atoms. The van der Waals surface area contributed by atoms with Crippen LogP contribution in [0.2, 0.25) is 0 Å². The molecule has 1 saturated heterocycles. The first-order chi connectivity index (χ1) is 36.1. The summed E-state index contributed by atoms with van der Waals surface area (Å²) < 4.78 is 10.00. The van der Waals surface area contributed by atoms with Gasteiger partial charge >= 0.3 is 11.9 Å². The first-order valence-corrected chi connectivity index (χ1v) is 36.1. The van der Waals surface area contributed by atoms with Crippen LogP contribution >= 0.6 is 141 Å². The number of benzene rings is 5. The number of carbonyl (C=O) groups excluding carboxylic acids is 2. The van der Waals surface area contributed by atoms with E-state index in [4.69, 9.17) is 9.47 Å². The highest BCUT2D eigenvalue weighted by Crippen LogP contribution is 2.75. The second kappa shape index (κ2) is 19.2. The molecule has 0 aliphatic carbocycles. The summed E-state index contributed by atoms with van der Waals surface area (Å²) in [6.45, 7) is 36.3. The van der Waals surface area contributed by atoms with Gasteiger partial charge in [0, 0.05) is 81.3 Å². The van der Waals surface area contributed by atoms with Crippen LogP contribution in [0.15, 0.2) is 95.1 Å². The molecule has 12 rings (SSSR count). The lowest BCUT2D eigenvalue weighted by molar-refractivity contribution is -0.289. The van der Waals surface area contributed by atoms with Gasteiger partial charge in [-0.3, -0.25) is 0 Å². The minimum atomic E-state index is -0.469. The molecule has 7 aliphatic rings. The minimum absolute atomic E-state index is 0.202. The molecule has 0 spiro atoms. The zero-order valence-electron chi connectivity index (χ0n) is 47.4. The number of thioether (sulfide) groups is 12. The minimum Gasteiger partial charge on any atom is -0.465 e. The van der Waals surface area contributed by atoms with Crippen molar-refractivity contribution in [3.8, 4) is 11.1 Å². The maximum Gasteiger partial charge on any atom is 0.340 e. The summed E-state index contributed by atoms with van der Waals surface area (Å²) in [4.78, 5) is 43.0. The number of ether oxygens (including phenoxy) is 2. The molecular weight excluding hydrogens is 1200 g/mol. The van der Waals surface area contributed by atoms with Crippen LogP contribution in [0.5, 0.6) is 0 Å². The summed E-state index contributed by atoms with van der Waals surface area (Å²) in [6, 6.07) is 14.1. The molecule has 6 nitrogen and oxygen atoms in total. The van der Waals surface area contributed by atoms with Crippen LogP contribution in [0.25, 0.3) is 21.9 Å². The Bertz CT molecular complexity index is 3240. The van der Waals surface area contributed by atoms with Crippen molar-refractivity contribution in [3.63, 3.8) is 0 Å². The maximum absolute atomic E-state index is 14.5. The van der Waals surface area contributed by atoms with E-state index in [-0.39, 0.29) is 48.2 Å². The van der Waals surface area contributed by atoms with Gasteiger partial charge in [0.05, 0.1) is 49.8 Å². The van der Waals surface area contributed by atoms with E-state index in [0.717, 1.165) is 32.4 Å². The second-order valence-electron chi connectivity index (χ2n) is 25.2. The van der Waals surface area contributed by atoms with E-state index in [1.54, 1.807) is 47.0 Å². The number of nitrogens with zero attached hydrogens (tertiary/aromatic N) is 1. The zero-order valence-corrected chi connectivity index (χ0v) is 57.2. The molecule has 1 radical (unpaired) electrons. The van der Waals surface area contributed by atoms with Gasteiger partial charge in [0.2, 0.25) is 0 Å². The Kier molecular flexibility index (Phi) is 14.2. The van der Waals surface area contributed by atoms with E-state index in [1.165, 1.54) is 103 Å². The smallest absolute Gasteiger partial charge is 0.340 e. The topological polar surface area (TPSA) is 75.7 Å². The van der Waals surface area contributed by atoms with Gasteiger partial charge in [-0.05, 0) is 174 Å². The standard InChI is InChI=1S/C60H66NO5S12/c1-53(2)25-31(26-54(3,4)61(53)64)28-21-19-27-20-22-29(24-30(27)23-28)32-39-41(69-55(5,6)67-39)34(42-40(32)68-56(7,8)70-42)33(35-43-47(75-57(9,10)71-43)37(51(62)65-17)48-44(35)72-58(11,12)76-48)36-45-49(77-59(13,14)73-45)38(52(63)66-18)50-46(36)74-60(15,16)78-50/h19-24,31,33H,25-26H2,1-18H3. The zero-order chi connectivity index (χ0) is 56.1. The molecule has 0 unspecified atom stereocenters. The molecule has 7 aliphatic heterocycles. The van der Waals surface area contributed by atoms with Crippen molar-refractivity contribution < 1.29 is 24.3 Å². The number of hydrogen-bond donors (Lipinski definition) is 0. The molecule has 0 amide bonds. The molecule has 1 fully saturated rings. The Hall–Kier alpha value is -0.580. The van der Waals surface area contributed by atoms with Crippen LogP contribution in [0.3, 0.4) is 0 Å². The Morgan fingerprint density at radius 3 is 1.09 bits per heavy atom. The summed E-state index contributed by atoms with van der Waals surface area (Å²) in [5, 5.41) is 17.3. The first-order valence-electron chi connectivity index (χ1n) is 26.3. The van der Waals surface area contributed by atoms with Crippen LogP contribution in [0.4, 0.5) is 0 Å². The van der Waals surface area contributed by atoms with Gasteiger partial charge in [0.1, 0.15) is 0 Å². The number of rotatable bonds is 7. The number of methoxy groups -OCH3 is 2. The highest BCUT2D eigenvalue weighted by atomic mass is 32.2. The molecule has 18 heteroatoms. The molecule has 0 atom stereocenters. The molecule has 413 valence electrons. The van der Waals surface area contributed by atoms with Crippen molar-refractivity contribution >= 4 is 164 Å². The normalized spacial score (nSPS) is 23.0. The Balaban J connectivity index is 1.20. The van der Waals surface area contributed by atoms with Crippen molar-refractivity contribution in [2.24, 2.45) is 0 Å². The van der Waals surface area contributed by atoms with Crippen LogP contribution in [0.1, 0.15) is 178 Å². The molecule has 5 aromatic carbocycles. The molecular formula is C60H66NO5S12. The van der Waals surface area contributed by atoms with Gasteiger partial charge in [-0.25, -0.2) is 9.59 Å². The molecule has 0 N–H and O–H groups in total. The molecule has 0 saturated carbocycles. The second-order valence-corrected chi connectivity index (χ2v) is 46.3. The highest BCUT2D eigenvalue weighted by Gasteiger charge is 2.54. The van der Waals surface area contributed by atoms with E-state index < -0.39 is 11.1 Å². The Labute approximate surface area is 512 Å². The van der Waals surface area contributed by atoms with Crippen molar-refractivity contribution in [2.45, 2.75) is 230 Å². The summed E-state index contributed by atoms with van der Waals surface area (Å²) in [6.07, 6.45) is 1.62. The monoisotopic (exact) mass is 1260 g/mol. The number of piperidine rings is 1. The summed E-state index contributed by atoms with van der Waals surface area (Å²) in [7, 11) is 3.04.